The number of ether oxygens (including phenoxy) is 4. The maximum atomic E-state index is 6.95. The van der Waals surface area contributed by atoms with E-state index in [9.17, 15) is 0 Å². The van der Waals surface area contributed by atoms with Gasteiger partial charge in [0.25, 0.3) is 0 Å². The summed E-state index contributed by atoms with van der Waals surface area (Å²) < 4.78 is 30.0. The van der Waals surface area contributed by atoms with E-state index in [1.807, 2.05) is 68.0 Å². The van der Waals surface area contributed by atoms with Crippen LogP contribution in [0.1, 0.15) is 310 Å². The zero-order chi connectivity index (χ0) is 69.3. The van der Waals surface area contributed by atoms with Crippen molar-refractivity contribution in [1.82, 2.24) is 0 Å². The Kier molecular flexibility index (Phi) is 38.1. The van der Waals surface area contributed by atoms with Crippen LogP contribution < -0.4 is 18.9 Å². The summed E-state index contributed by atoms with van der Waals surface area (Å²) in [6.45, 7) is 12.2. The van der Waals surface area contributed by atoms with E-state index in [0.717, 1.165) is 75.1 Å². The third kappa shape index (κ3) is 27.2. The van der Waals surface area contributed by atoms with Gasteiger partial charge >= 0.3 is 0 Å². The molecule has 9 rings (SSSR count). The van der Waals surface area contributed by atoms with Crippen molar-refractivity contribution in [2.45, 2.75) is 310 Å². The second-order valence-corrected chi connectivity index (χ2v) is 35.0. The second kappa shape index (κ2) is 47.8. The number of thiophene rings is 6. The van der Waals surface area contributed by atoms with Crippen LogP contribution in [0, 0.1) is 0 Å². The van der Waals surface area contributed by atoms with E-state index in [4.69, 9.17) is 18.9 Å². The molecule has 0 aliphatic heterocycles. The lowest BCUT2D eigenvalue weighted by Gasteiger charge is -2.07. The molecule has 0 spiro atoms. The molecule has 0 fully saturated rings. The first-order valence-corrected chi connectivity index (χ1v) is 45.6. The average Bonchev–Trinajstić information content (AvgIpc) is 1.61. The first-order valence-electron chi connectivity index (χ1n) is 40.7. The molecule has 546 valence electrons. The van der Waals surface area contributed by atoms with E-state index in [1.165, 1.54) is 337 Å². The predicted molar refractivity (Wildman–Crippen MR) is 449 cm³/mol. The SMILES string of the molecule is CCCCCCCCCCCCCOc1cc(-c2cc(OCCCCCCCCCCCCC)c(-c3cc4cc5sc(-c6sc(-c7cc(OCCCCCCCCCCCCC)c(-c8ccccc8)s7)cc6OCCCCCCCCCCCCC)cc5cc4s3)s2)sc1-c1ccccc1. The molecule has 0 saturated heterocycles. The highest BCUT2D eigenvalue weighted by Crippen LogP contribution is 2.54. The molecule has 10 heteroatoms. The molecule has 9 aromatic rings. The maximum absolute atomic E-state index is 6.95. The Morgan fingerprint density at radius 2 is 0.430 bits per heavy atom. The van der Waals surface area contributed by atoms with Crippen molar-refractivity contribution >= 4 is 88.2 Å². The van der Waals surface area contributed by atoms with Gasteiger partial charge in [-0.3, -0.25) is 0 Å². The fraction of sp³-hybridized carbons (Fsp3) is 0.578. The van der Waals surface area contributed by atoms with Crippen molar-refractivity contribution in [1.29, 1.82) is 0 Å². The average molecular weight is 1460 g/mol. The van der Waals surface area contributed by atoms with Crippen LogP contribution in [0.4, 0.5) is 0 Å². The molecule has 100 heavy (non-hydrogen) atoms. The van der Waals surface area contributed by atoms with E-state index in [1.54, 1.807) is 0 Å². The fourth-order valence-electron chi connectivity index (χ4n) is 13.9. The van der Waals surface area contributed by atoms with Crippen LogP contribution >= 0.6 is 68.0 Å². The molecule has 0 unspecified atom stereocenters. The Morgan fingerprint density at radius 1 is 0.210 bits per heavy atom. The normalized spacial score (nSPS) is 11.7. The molecule has 0 N–H and O–H groups in total. The maximum Gasteiger partial charge on any atom is 0.139 e. The number of unbranched alkanes of at least 4 members (excludes halogenated alkanes) is 40. The lowest BCUT2D eigenvalue weighted by atomic mass is 10.1. The molecule has 0 amide bonds. The van der Waals surface area contributed by atoms with Crippen LogP contribution in [-0.4, -0.2) is 26.4 Å². The van der Waals surface area contributed by atoms with Gasteiger partial charge in [-0.05, 0) is 71.8 Å². The summed E-state index contributed by atoms with van der Waals surface area (Å²) in [6.07, 6.45) is 58.3. The van der Waals surface area contributed by atoms with Gasteiger partial charge in [-0.15, -0.1) is 68.0 Å². The van der Waals surface area contributed by atoms with Crippen molar-refractivity contribution in [3.63, 3.8) is 0 Å². The van der Waals surface area contributed by atoms with Gasteiger partial charge in [0.2, 0.25) is 0 Å². The van der Waals surface area contributed by atoms with Gasteiger partial charge in [0.15, 0.2) is 0 Å². The quantitative estimate of drug-likeness (QED) is 0.0356. The lowest BCUT2D eigenvalue weighted by molar-refractivity contribution is 0.306. The van der Waals surface area contributed by atoms with Gasteiger partial charge < -0.3 is 18.9 Å². The smallest absolute Gasteiger partial charge is 0.139 e. The first-order chi connectivity index (χ1) is 49.5. The highest BCUT2D eigenvalue weighted by molar-refractivity contribution is 7.30. The lowest BCUT2D eigenvalue weighted by Crippen LogP contribution is -1.97. The van der Waals surface area contributed by atoms with Gasteiger partial charge in [-0.2, -0.15) is 0 Å². The van der Waals surface area contributed by atoms with E-state index in [-0.39, 0.29) is 0 Å². The van der Waals surface area contributed by atoms with E-state index in [0.29, 0.717) is 0 Å². The van der Waals surface area contributed by atoms with Crippen molar-refractivity contribution in [3.8, 4) is 82.9 Å². The highest BCUT2D eigenvalue weighted by Gasteiger charge is 2.24. The highest BCUT2D eigenvalue weighted by atomic mass is 32.1. The summed E-state index contributed by atoms with van der Waals surface area (Å²) in [6, 6.07) is 40.9. The summed E-state index contributed by atoms with van der Waals surface area (Å²) in [5.74, 6) is 4.04. The number of hydrogen-bond donors (Lipinski definition) is 0. The molecule has 0 bridgehead atoms. The summed E-state index contributed by atoms with van der Waals surface area (Å²) >= 11 is 11.3. The Bertz CT molecular complexity index is 3290. The molecule has 0 aliphatic carbocycles. The van der Waals surface area contributed by atoms with Crippen LogP contribution in [0.15, 0.2) is 109 Å². The molecule has 0 aliphatic rings. The fourth-order valence-corrected chi connectivity index (χ4v) is 20.9. The van der Waals surface area contributed by atoms with Gasteiger partial charge in [-0.1, -0.05) is 345 Å². The standard InChI is InChI=1S/C90H126O4S6/c1-5-9-13-17-21-25-29-33-37-41-51-59-91-75-67-81(97-87(75)71-55-47-45-48-56-71)83-69-77(93-61-53-43-39-35-31-27-23-19-15-11-7-3)89(99-83)85-65-73-63-80-74(64-79(73)95-85)66-86(96-80)90-78(94-62-54-44-40-36-32-28-24-20-16-12-8-4)70-84(100-90)82-68-76(88(98-82)72-57-49-46-50-58-72)92-60-52-42-38-34-30-26-22-18-14-10-6-2/h45-50,55-58,63-70H,5-44,51-54,59-62H2,1-4H3. The molecule has 6 aromatic heterocycles. The number of benzene rings is 3. The Morgan fingerprint density at radius 3 is 0.680 bits per heavy atom. The van der Waals surface area contributed by atoms with Crippen LogP contribution in [0.2, 0.25) is 0 Å². The zero-order valence-corrected chi connectivity index (χ0v) is 67.3. The molecule has 3 aromatic carbocycles. The molecule has 0 saturated carbocycles. The first kappa shape index (κ1) is 79.7. The van der Waals surface area contributed by atoms with E-state index < -0.39 is 0 Å². The van der Waals surface area contributed by atoms with Gasteiger partial charge in [-0.25, -0.2) is 0 Å². The molecule has 4 nitrogen and oxygen atoms in total. The van der Waals surface area contributed by atoms with Crippen LogP contribution in [0.5, 0.6) is 23.0 Å². The Balaban J connectivity index is 0.926. The van der Waals surface area contributed by atoms with Crippen LogP contribution in [-0.2, 0) is 0 Å². The van der Waals surface area contributed by atoms with E-state index >= 15 is 0 Å². The molecule has 0 radical (unpaired) electrons. The van der Waals surface area contributed by atoms with Crippen molar-refractivity contribution in [3.05, 3.63) is 109 Å². The predicted octanol–water partition coefficient (Wildman–Crippen LogP) is 33.1. The minimum atomic E-state index is 0.737. The zero-order valence-electron chi connectivity index (χ0n) is 62.4. The monoisotopic (exact) mass is 1460 g/mol. The third-order valence-corrected chi connectivity index (χ3v) is 27.5. The van der Waals surface area contributed by atoms with Crippen molar-refractivity contribution in [2.75, 3.05) is 26.4 Å². The molecular weight excluding hydrogens is 1340 g/mol. The third-order valence-electron chi connectivity index (χ3n) is 20.0. The molecular formula is C90H126O4S6. The largest absolute Gasteiger partial charge is 0.492 e. The van der Waals surface area contributed by atoms with Gasteiger partial charge in [0, 0.05) is 62.9 Å². The summed E-state index contributed by atoms with van der Waals surface area (Å²) in [5.41, 5.74) is 2.44. The van der Waals surface area contributed by atoms with Gasteiger partial charge in [0.1, 0.15) is 23.0 Å². The Labute approximate surface area is 630 Å². The minimum Gasteiger partial charge on any atom is -0.492 e. The minimum absolute atomic E-state index is 0.737. The summed E-state index contributed by atoms with van der Waals surface area (Å²) in [5, 5.41) is 2.58. The summed E-state index contributed by atoms with van der Waals surface area (Å²) in [4.78, 5) is 12.4. The van der Waals surface area contributed by atoms with Crippen molar-refractivity contribution in [2.24, 2.45) is 0 Å². The number of rotatable bonds is 58. The molecule has 0 atom stereocenters. The van der Waals surface area contributed by atoms with Crippen molar-refractivity contribution < 1.29 is 18.9 Å². The second-order valence-electron chi connectivity index (χ2n) is 28.6. The topological polar surface area (TPSA) is 36.9 Å². The Hall–Kier alpha value is -4.42. The van der Waals surface area contributed by atoms with Crippen LogP contribution in [0.3, 0.4) is 0 Å². The van der Waals surface area contributed by atoms with Gasteiger partial charge in [0.05, 0.1) is 45.9 Å². The number of fused-ring (bicyclic) bond motifs is 2. The number of hydrogen-bond acceptors (Lipinski definition) is 10. The summed E-state index contributed by atoms with van der Waals surface area (Å²) in [7, 11) is 0. The molecule has 6 heterocycles. The van der Waals surface area contributed by atoms with E-state index in [2.05, 4.69) is 137 Å². The van der Waals surface area contributed by atoms with Crippen LogP contribution in [0.25, 0.3) is 80.1 Å².